The van der Waals surface area contributed by atoms with Gasteiger partial charge < -0.3 is 0 Å². The molecule has 0 aliphatic heterocycles. The number of hydrogen-bond donors (Lipinski definition) is 3. The van der Waals surface area contributed by atoms with Gasteiger partial charge in [0.2, 0.25) is 0 Å². The second kappa shape index (κ2) is 4.16. The van der Waals surface area contributed by atoms with Crippen molar-refractivity contribution in [1.29, 1.82) is 0 Å². The van der Waals surface area contributed by atoms with Crippen LogP contribution in [0.15, 0.2) is 24.8 Å². The van der Waals surface area contributed by atoms with Crippen LogP contribution in [-0.2, 0) is 0 Å². The Labute approximate surface area is 86.9 Å². The van der Waals surface area contributed by atoms with Crippen molar-refractivity contribution >= 4 is 0 Å². The second-order valence-corrected chi connectivity index (χ2v) is 3.27. The van der Waals surface area contributed by atoms with E-state index in [1.165, 1.54) is 6.33 Å². The molecule has 1 unspecified atom stereocenters. The van der Waals surface area contributed by atoms with E-state index in [-0.39, 0.29) is 6.04 Å². The summed E-state index contributed by atoms with van der Waals surface area (Å²) >= 11 is 0. The highest BCUT2D eigenvalue weighted by Gasteiger charge is 2.15. The van der Waals surface area contributed by atoms with Gasteiger partial charge in [0.1, 0.15) is 18.2 Å². The van der Waals surface area contributed by atoms with Crippen molar-refractivity contribution in [2.45, 2.75) is 13.0 Å². The van der Waals surface area contributed by atoms with Gasteiger partial charge in [-0.1, -0.05) is 6.07 Å². The topological polar surface area (TPSA) is 92.5 Å². The smallest absolute Gasteiger partial charge is 0.147 e. The molecule has 6 heteroatoms. The van der Waals surface area contributed by atoms with Crippen LogP contribution in [-0.4, -0.2) is 20.2 Å². The van der Waals surface area contributed by atoms with E-state index in [0.29, 0.717) is 5.82 Å². The minimum Gasteiger partial charge on any atom is -0.270 e. The normalized spacial score (nSPS) is 12.7. The molecular formula is C9H12N6. The van der Waals surface area contributed by atoms with Gasteiger partial charge in [-0.15, -0.1) is 0 Å². The molecule has 15 heavy (non-hydrogen) atoms. The zero-order valence-corrected chi connectivity index (χ0v) is 8.31. The summed E-state index contributed by atoms with van der Waals surface area (Å²) in [6.07, 6.45) is 4.99. The summed E-state index contributed by atoms with van der Waals surface area (Å²) in [5.74, 6) is 6.15. The van der Waals surface area contributed by atoms with E-state index in [1.54, 1.807) is 12.4 Å². The minimum atomic E-state index is -0.208. The molecule has 78 valence electrons. The Bertz CT molecular complexity index is 424. The summed E-state index contributed by atoms with van der Waals surface area (Å²) in [6.45, 7) is 1.98. The lowest BCUT2D eigenvalue weighted by atomic mass is 10.1. The van der Waals surface area contributed by atoms with Gasteiger partial charge >= 0.3 is 0 Å². The van der Waals surface area contributed by atoms with Crippen LogP contribution in [0.4, 0.5) is 0 Å². The summed E-state index contributed by atoms with van der Waals surface area (Å²) < 4.78 is 0. The van der Waals surface area contributed by atoms with Crippen LogP contribution >= 0.6 is 0 Å². The van der Waals surface area contributed by atoms with Crippen molar-refractivity contribution < 1.29 is 0 Å². The molecule has 0 aromatic carbocycles. The van der Waals surface area contributed by atoms with Crippen LogP contribution in [0.1, 0.15) is 23.0 Å². The largest absolute Gasteiger partial charge is 0.270 e. The van der Waals surface area contributed by atoms with Gasteiger partial charge in [0, 0.05) is 12.4 Å². The van der Waals surface area contributed by atoms with Gasteiger partial charge in [0.25, 0.3) is 0 Å². The average molecular weight is 204 g/mol. The van der Waals surface area contributed by atoms with Gasteiger partial charge in [-0.2, -0.15) is 5.10 Å². The molecule has 6 nitrogen and oxygen atoms in total. The third-order valence-electron chi connectivity index (χ3n) is 2.10. The van der Waals surface area contributed by atoms with Crippen molar-refractivity contribution in [2.24, 2.45) is 5.84 Å². The van der Waals surface area contributed by atoms with Crippen molar-refractivity contribution in [3.05, 3.63) is 41.7 Å². The Morgan fingerprint density at radius 2 is 2.33 bits per heavy atom. The number of aromatic nitrogens is 4. The lowest BCUT2D eigenvalue weighted by molar-refractivity contribution is 0.602. The molecule has 0 saturated carbocycles. The first kappa shape index (κ1) is 9.75. The first-order valence-electron chi connectivity index (χ1n) is 4.54. The second-order valence-electron chi connectivity index (χ2n) is 3.27. The van der Waals surface area contributed by atoms with Gasteiger partial charge in [0.05, 0.1) is 0 Å². The molecule has 4 N–H and O–H groups in total. The van der Waals surface area contributed by atoms with E-state index in [0.717, 1.165) is 11.1 Å². The van der Waals surface area contributed by atoms with E-state index in [4.69, 9.17) is 5.84 Å². The maximum Gasteiger partial charge on any atom is 0.147 e. The number of rotatable bonds is 3. The van der Waals surface area contributed by atoms with Crippen LogP contribution in [0.25, 0.3) is 0 Å². The monoisotopic (exact) mass is 204 g/mol. The molecule has 0 fully saturated rings. The minimum absolute atomic E-state index is 0.208. The third kappa shape index (κ3) is 2.00. The molecule has 2 heterocycles. The number of hydrogen-bond acceptors (Lipinski definition) is 5. The van der Waals surface area contributed by atoms with Gasteiger partial charge in [0.15, 0.2) is 0 Å². The lowest BCUT2D eigenvalue weighted by Gasteiger charge is -2.12. The number of aromatic amines is 1. The maximum absolute atomic E-state index is 5.48. The molecule has 0 aliphatic rings. The first-order chi connectivity index (χ1) is 7.31. The Morgan fingerprint density at radius 1 is 1.47 bits per heavy atom. The molecule has 2 rings (SSSR count). The van der Waals surface area contributed by atoms with E-state index in [2.05, 4.69) is 25.6 Å². The van der Waals surface area contributed by atoms with E-state index >= 15 is 0 Å². The summed E-state index contributed by atoms with van der Waals surface area (Å²) in [6, 6.07) is 1.79. The number of aryl methyl sites for hydroxylation is 1. The summed E-state index contributed by atoms with van der Waals surface area (Å²) in [4.78, 5) is 8.16. The lowest BCUT2D eigenvalue weighted by Crippen LogP contribution is -2.29. The van der Waals surface area contributed by atoms with E-state index < -0.39 is 0 Å². The fraction of sp³-hybridized carbons (Fsp3) is 0.222. The van der Waals surface area contributed by atoms with Gasteiger partial charge in [-0.05, 0) is 18.1 Å². The highest BCUT2D eigenvalue weighted by atomic mass is 15.3. The van der Waals surface area contributed by atoms with Crippen LogP contribution in [0.2, 0.25) is 0 Å². The zero-order chi connectivity index (χ0) is 10.7. The maximum atomic E-state index is 5.48. The number of nitrogens with two attached hydrogens (primary N) is 1. The molecule has 0 amide bonds. The van der Waals surface area contributed by atoms with Crippen LogP contribution in [0, 0.1) is 6.92 Å². The summed E-state index contributed by atoms with van der Waals surface area (Å²) in [5.41, 5.74) is 4.70. The van der Waals surface area contributed by atoms with Crippen LogP contribution < -0.4 is 11.3 Å². The predicted octanol–water partition coefficient (Wildman–Crippen LogP) is 0.0608. The Balaban J connectivity index is 2.35. The Hall–Kier alpha value is -1.79. The predicted molar refractivity (Wildman–Crippen MR) is 54.5 cm³/mol. The Kier molecular flexibility index (Phi) is 2.70. The molecular weight excluding hydrogens is 192 g/mol. The number of hydrazine groups is 1. The molecule has 2 aromatic rings. The fourth-order valence-corrected chi connectivity index (χ4v) is 1.42. The van der Waals surface area contributed by atoms with Gasteiger partial charge in [-0.3, -0.25) is 15.9 Å². The SMILES string of the molecule is Cc1cncc(C(NN)c2ncn[nH]2)c1. The van der Waals surface area contributed by atoms with Crippen molar-refractivity contribution in [2.75, 3.05) is 0 Å². The number of H-pyrrole nitrogens is 1. The average Bonchev–Trinajstić information content (AvgIpc) is 2.72. The standard InChI is InChI=1S/C9H12N6/c1-6-2-7(4-11-3-6)8(14-10)9-12-5-13-15-9/h2-5,8,14H,10H2,1H3,(H,12,13,15). The molecule has 0 saturated heterocycles. The van der Waals surface area contributed by atoms with Gasteiger partial charge in [-0.25, -0.2) is 10.4 Å². The molecule has 0 spiro atoms. The highest BCUT2D eigenvalue weighted by Crippen LogP contribution is 2.16. The van der Waals surface area contributed by atoms with E-state index in [1.807, 2.05) is 13.0 Å². The summed E-state index contributed by atoms with van der Waals surface area (Å²) in [7, 11) is 0. The third-order valence-corrected chi connectivity index (χ3v) is 2.10. The molecule has 0 radical (unpaired) electrons. The fourth-order valence-electron chi connectivity index (χ4n) is 1.42. The number of nitrogens with one attached hydrogen (secondary N) is 2. The van der Waals surface area contributed by atoms with Crippen molar-refractivity contribution in [3.8, 4) is 0 Å². The summed E-state index contributed by atoms with van der Waals surface area (Å²) in [5, 5.41) is 6.56. The quantitative estimate of drug-likeness (QED) is 0.485. The molecule has 1 atom stereocenters. The highest BCUT2D eigenvalue weighted by molar-refractivity contribution is 5.24. The van der Waals surface area contributed by atoms with E-state index in [9.17, 15) is 0 Å². The first-order valence-corrected chi connectivity index (χ1v) is 4.54. The molecule has 0 aliphatic carbocycles. The number of pyridine rings is 1. The Morgan fingerprint density at radius 3 is 2.93 bits per heavy atom. The molecule has 0 bridgehead atoms. The zero-order valence-electron chi connectivity index (χ0n) is 8.31. The van der Waals surface area contributed by atoms with Crippen LogP contribution in [0.3, 0.4) is 0 Å². The van der Waals surface area contributed by atoms with Crippen molar-refractivity contribution in [1.82, 2.24) is 25.6 Å². The molecule has 2 aromatic heterocycles. The van der Waals surface area contributed by atoms with Crippen molar-refractivity contribution in [3.63, 3.8) is 0 Å². The van der Waals surface area contributed by atoms with Crippen LogP contribution in [0.5, 0.6) is 0 Å². The number of nitrogens with zero attached hydrogens (tertiary/aromatic N) is 3.